The van der Waals surface area contributed by atoms with E-state index in [0.29, 0.717) is 6.54 Å². The summed E-state index contributed by atoms with van der Waals surface area (Å²) >= 11 is 1.64. The largest absolute Gasteiger partial charge is 0.309 e. The molecule has 1 aromatic heterocycles. The first-order valence-corrected chi connectivity index (χ1v) is 5.93. The number of ketones is 1. The highest BCUT2D eigenvalue weighted by molar-refractivity contribution is 7.10. The minimum atomic E-state index is 0.218. The van der Waals surface area contributed by atoms with Crippen LogP contribution in [0.3, 0.4) is 0 Å². The molecule has 0 unspecified atom stereocenters. The lowest BCUT2D eigenvalue weighted by atomic mass is 10.2. The fraction of sp³-hybridized carbons (Fsp3) is 0.545. The van der Waals surface area contributed by atoms with Gasteiger partial charge in [0.05, 0.1) is 6.54 Å². The Morgan fingerprint density at radius 1 is 1.64 bits per heavy atom. The molecule has 0 aromatic carbocycles. The molecule has 3 heteroatoms. The number of hydrogen-bond donors (Lipinski definition) is 1. The van der Waals surface area contributed by atoms with Crippen molar-refractivity contribution in [2.24, 2.45) is 5.92 Å². The molecule has 1 saturated carbocycles. The number of aryl methyl sites for hydroxylation is 1. The van der Waals surface area contributed by atoms with Crippen LogP contribution >= 0.6 is 11.3 Å². The predicted molar refractivity (Wildman–Crippen MR) is 59.0 cm³/mol. The predicted octanol–water partition coefficient (Wildman–Crippen LogP) is 2.24. The maximum absolute atomic E-state index is 11.6. The van der Waals surface area contributed by atoms with Gasteiger partial charge in [-0.3, -0.25) is 4.79 Å². The summed E-state index contributed by atoms with van der Waals surface area (Å²) in [4.78, 5) is 12.8. The minimum Gasteiger partial charge on any atom is -0.309 e. The van der Waals surface area contributed by atoms with Crippen LogP contribution in [0.2, 0.25) is 0 Å². The summed E-state index contributed by atoms with van der Waals surface area (Å²) in [7, 11) is 0. The molecular formula is C11H15NOS. The Morgan fingerprint density at radius 3 is 3.00 bits per heavy atom. The van der Waals surface area contributed by atoms with Crippen LogP contribution < -0.4 is 5.32 Å². The van der Waals surface area contributed by atoms with Crippen molar-refractivity contribution in [3.8, 4) is 0 Å². The lowest BCUT2D eigenvalue weighted by Gasteiger charge is -2.00. The van der Waals surface area contributed by atoms with Crippen LogP contribution in [0, 0.1) is 12.8 Å². The topological polar surface area (TPSA) is 29.1 Å². The maximum Gasteiger partial charge on any atom is 0.177 e. The molecule has 0 radical (unpaired) electrons. The smallest absolute Gasteiger partial charge is 0.177 e. The minimum absolute atomic E-state index is 0.218. The van der Waals surface area contributed by atoms with Crippen molar-refractivity contribution >= 4 is 17.1 Å². The number of nitrogens with one attached hydrogen (secondary N) is 1. The average Bonchev–Trinajstić information content (AvgIpc) is 2.87. The van der Waals surface area contributed by atoms with E-state index in [2.05, 4.69) is 5.32 Å². The Morgan fingerprint density at radius 2 is 2.43 bits per heavy atom. The number of carbonyl (C=O) groups excluding carboxylic acids is 1. The molecule has 0 bridgehead atoms. The third-order valence-corrected chi connectivity index (χ3v) is 3.33. The Bertz CT molecular complexity index is 328. The molecule has 76 valence electrons. The number of Topliss-reactive ketones (excluding diaryl/α,β-unsaturated/α-hetero) is 1. The van der Waals surface area contributed by atoms with Gasteiger partial charge < -0.3 is 5.32 Å². The van der Waals surface area contributed by atoms with E-state index < -0.39 is 0 Å². The second kappa shape index (κ2) is 4.24. The Hall–Kier alpha value is -0.670. The molecule has 2 rings (SSSR count). The third kappa shape index (κ3) is 2.66. The van der Waals surface area contributed by atoms with Crippen molar-refractivity contribution in [2.45, 2.75) is 19.8 Å². The maximum atomic E-state index is 11.6. The molecule has 0 spiro atoms. The van der Waals surface area contributed by atoms with Gasteiger partial charge in [-0.2, -0.15) is 0 Å². The average molecular weight is 209 g/mol. The molecule has 0 amide bonds. The van der Waals surface area contributed by atoms with Crippen LogP contribution in [0.1, 0.15) is 28.1 Å². The lowest BCUT2D eigenvalue weighted by molar-refractivity contribution is 0.0991. The van der Waals surface area contributed by atoms with E-state index in [1.807, 2.05) is 18.4 Å². The third-order valence-electron chi connectivity index (χ3n) is 2.47. The summed E-state index contributed by atoms with van der Waals surface area (Å²) in [5, 5.41) is 5.15. The van der Waals surface area contributed by atoms with Crippen molar-refractivity contribution in [1.29, 1.82) is 0 Å². The Labute approximate surface area is 88.3 Å². The number of rotatable bonds is 5. The molecule has 0 aliphatic heterocycles. The first-order chi connectivity index (χ1) is 6.75. The van der Waals surface area contributed by atoms with Crippen LogP contribution in [0.5, 0.6) is 0 Å². The van der Waals surface area contributed by atoms with E-state index in [1.54, 1.807) is 11.3 Å². The summed E-state index contributed by atoms with van der Waals surface area (Å²) in [6.45, 7) is 3.53. The van der Waals surface area contributed by atoms with Gasteiger partial charge in [0, 0.05) is 15.8 Å². The van der Waals surface area contributed by atoms with Crippen molar-refractivity contribution in [2.75, 3.05) is 13.1 Å². The normalized spacial score (nSPS) is 15.8. The van der Waals surface area contributed by atoms with E-state index in [0.717, 1.165) is 18.0 Å². The molecule has 1 N–H and O–H groups in total. The van der Waals surface area contributed by atoms with Gasteiger partial charge in [-0.05, 0) is 38.3 Å². The van der Waals surface area contributed by atoms with Crippen LogP contribution in [0.15, 0.2) is 11.4 Å². The standard InChI is InChI=1S/C11H15NOS/c1-8-4-10(7-14-8)11(13)6-12-5-9-2-3-9/h4,7,9,12H,2-3,5-6H2,1H3. The van der Waals surface area contributed by atoms with Gasteiger partial charge in [-0.15, -0.1) is 11.3 Å². The fourth-order valence-electron chi connectivity index (χ4n) is 1.40. The highest BCUT2D eigenvalue weighted by atomic mass is 32.1. The first kappa shape index (κ1) is 9.87. The van der Waals surface area contributed by atoms with Crippen molar-refractivity contribution < 1.29 is 4.79 Å². The van der Waals surface area contributed by atoms with E-state index >= 15 is 0 Å². The molecule has 0 atom stereocenters. The van der Waals surface area contributed by atoms with Gasteiger partial charge >= 0.3 is 0 Å². The molecule has 2 nitrogen and oxygen atoms in total. The quantitative estimate of drug-likeness (QED) is 0.753. The van der Waals surface area contributed by atoms with Crippen molar-refractivity contribution in [1.82, 2.24) is 5.32 Å². The molecule has 14 heavy (non-hydrogen) atoms. The summed E-state index contributed by atoms with van der Waals surface area (Å²) in [5.74, 6) is 1.06. The molecule has 0 saturated heterocycles. The zero-order chi connectivity index (χ0) is 9.97. The zero-order valence-corrected chi connectivity index (χ0v) is 9.19. The highest BCUT2D eigenvalue weighted by Crippen LogP contribution is 2.27. The van der Waals surface area contributed by atoms with Crippen molar-refractivity contribution in [3.05, 3.63) is 21.9 Å². The lowest BCUT2D eigenvalue weighted by Crippen LogP contribution is -2.24. The van der Waals surface area contributed by atoms with Crippen LogP contribution in [0.25, 0.3) is 0 Å². The number of thiophene rings is 1. The summed E-state index contributed by atoms with van der Waals surface area (Å²) < 4.78 is 0. The second-order valence-corrected chi connectivity index (χ2v) is 5.06. The van der Waals surface area contributed by atoms with E-state index in [9.17, 15) is 4.79 Å². The zero-order valence-electron chi connectivity index (χ0n) is 8.38. The van der Waals surface area contributed by atoms with E-state index in [1.165, 1.54) is 17.7 Å². The van der Waals surface area contributed by atoms with Crippen molar-refractivity contribution in [3.63, 3.8) is 0 Å². The SMILES string of the molecule is Cc1cc(C(=O)CNCC2CC2)cs1. The summed E-state index contributed by atoms with van der Waals surface area (Å²) in [6.07, 6.45) is 2.66. The monoisotopic (exact) mass is 209 g/mol. The molecule has 1 aliphatic carbocycles. The summed E-state index contributed by atoms with van der Waals surface area (Å²) in [5.41, 5.74) is 0.857. The number of hydrogen-bond acceptors (Lipinski definition) is 3. The number of carbonyl (C=O) groups is 1. The van der Waals surface area contributed by atoms with Gasteiger partial charge in [0.25, 0.3) is 0 Å². The van der Waals surface area contributed by atoms with Gasteiger partial charge in [-0.1, -0.05) is 0 Å². The van der Waals surface area contributed by atoms with Crippen LogP contribution in [-0.4, -0.2) is 18.9 Å². The van der Waals surface area contributed by atoms with Gasteiger partial charge in [-0.25, -0.2) is 0 Å². The van der Waals surface area contributed by atoms with Gasteiger partial charge in [0.2, 0.25) is 0 Å². The molecule has 1 heterocycles. The second-order valence-electron chi connectivity index (χ2n) is 3.94. The van der Waals surface area contributed by atoms with Gasteiger partial charge in [0.15, 0.2) is 5.78 Å². The Balaban J connectivity index is 1.76. The highest BCUT2D eigenvalue weighted by Gasteiger charge is 2.20. The summed E-state index contributed by atoms with van der Waals surface area (Å²) in [6, 6.07) is 1.96. The van der Waals surface area contributed by atoms with E-state index in [4.69, 9.17) is 0 Å². The fourth-order valence-corrected chi connectivity index (χ4v) is 2.11. The van der Waals surface area contributed by atoms with E-state index in [-0.39, 0.29) is 5.78 Å². The Kier molecular flexibility index (Phi) is 2.99. The molecule has 1 aliphatic rings. The van der Waals surface area contributed by atoms with Crippen LogP contribution in [0.4, 0.5) is 0 Å². The molecule has 1 fully saturated rings. The van der Waals surface area contributed by atoms with Crippen LogP contribution in [-0.2, 0) is 0 Å². The first-order valence-electron chi connectivity index (χ1n) is 5.05. The van der Waals surface area contributed by atoms with Gasteiger partial charge in [0.1, 0.15) is 0 Å². The molecular weight excluding hydrogens is 194 g/mol. The molecule has 1 aromatic rings.